The standard InChI is InChI=1S/C23H19BrF2N6O/c1-13(22-28-7-2-8-29-22)32(12-17-5-3-15(11-30-17)20(25)26)23(33)14-4-6-19-16(9-14)10-18(24)21(27)31-19/h2-11,13,20H,12H2,1H3,(H2,27,31)/t13-/m1/s1. The SMILES string of the molecule is C[C@H](c1ncccn1)N(Cc1ccc(C(F)F)cn1)C(=O)c1ccc2nc(N)c(Br)cc2c1. The molecule has 1 aromatic carbocycles. The Morgan fingerprint density at radius 2 is 1.88 bits per heavy atom. The second-order valence-corrected chi connectivity index (χ2v) is 8.22. The largest absolute Gasteiger partial charge is 0.383 e. The molecule has 4 aromatic rings. The van der Waals surface area contributed by atoms with Gasteiger partial charge in [0.05, 0.1) is 28.3 Å². The van der Waals surface area contributed by atoms with Crippen molar-refractivity contribution >= 4 is 38.6 Å². The van der Waals surface area contributed by atoms with Crippen molar-refractivity contribution in [1.29, 1.82) is 0 Å². The van der Waals surface area contributed by atoms with Crippen molar-refractivity contribution < 1.29 is 13.6 Å². The van der Waals surface area contributed by atoms with E-state index in [9.17, 15) is 13.6 Å². The van der Waals surface area contributed by atoms with Crippen LogP contribution < -0.4 is 5.73 Å². The Balaban J connectivity index is 1.70. The molecule has 0 spiro atoms. The number of carbonyl (C=O) groups excluding carboxylic acids is 1. The van der Waals surface area contributed by atoms with Crippen molar-refractivity contribution in [3.05, 3.63) is 88.2 Å². The fourth-order valence-electron chi connectivity index (χ4n) is 3.35. The first-order chi connectivity index (χ1) is 15.8. The Morgan fingerprint density at radius 1 is 1.12 bits per heavy atom. The maximum absolute atomic E-state index is 13.6. The zero-order chi connectivity index (χ0) is 23.5. The molecule has 4 rings (SSSR count). The minimum atomic E-state index is -2.61. The van der Waals surface area contributed by atoms with Gasteiger partial charge in [-0.1, -0.05) is 0 Å². The van der Waals surface area contributed by atoms with Gasteiger partial charge in [0, 0.05) is 35.1 Å². The summed E-state index contributed by atoms with van der Waals surface area (Å²) in [6.45, 7) is 1.89. The third-order valence-corrected chi connectivity index (χ3v) is 5.80. The Bertz CT molecular complexity index is 1290. The summed E-state index contributed by atoms with van der Waals surface area (Å²) in [5.74, 6) is 0.522. The fraction of sp³-hybridized carbons (Fsp3) is 0.174. The number of nitrogens with two attached hydrogens (primary N) is 1. The first-order valence-electron chi connectivity index (χ1n) is 10.00. The number of halogens is 3. The van der Waals surface area contributed by atoms with Crippen LogP contribution in [0.25, 0.3) is 10.9 Å². The topological polar surface area (TPSA) is 97.9 Å². The lowest BCUT2D eigenvalue weighted by molar-refractivity contribution is 0.0663. The number of rotatable bonds is 6. The Kier molecular flexibility index (Phi) is 6.55. The smallest absolute Gasteiger partial charge is 0.265 e. The van der Waals surface area contributed by atoms with Gasteiger partial charge in [-0.15, -0.1) is 0 Å². The molecular formula is C23H19BrF2N6O. The maximum Gasteiger partial charge on any atom is 0.265 e. The van der Waals surface area contributed by atoms with Gasteiger partial charge in [0.1, 0.15) is 11.6 Å². The number of pyridine rings is 2. The number of carbonyl (C=O) groups is 1. The normalized spacial score (nSPS) is 12.2. The summed E-state index contributed by atoms with van der Waals surface area (Å²) in [5.41, 5.74) is 7.22. The molecule has 2 N–H and O–H groups in total. The van der Waals surface area contributed by atoms with Crippen LogP contribution in [0, 0.1) is 0 Å². The van der Waals surface area contributed by atoms with Crippen LogP contribution in [0.4, 0.5) is 14.6 Å². The molecule has 10 heteroatoms. The van der Waals surface area contributed by atoms with Gasteiger partial charge in [0.15, 0.2) is 0 Å². The van der Waals surface area contributed by atoms with Crippen LogP contribution in [-0.2, 0) is 6.54 Å². The number of anilines is 1. The van der Waals surface area contributed by atoms with E-state index in [0.717, 1.165) is 11.6 Å². The average molecular weight is 513 g/mol. The Hall–Kier alpha value is -3.53. The van der Waals surface area contributed by atoms with Crippen LogP contribution >= 0.6 is 15.9 Å². The van der Waals surface area contributed by atoms with Crippen LogP contribution in [0.2, 0.25) is 0 Å². The van der Waals surface area contributed by atoms with Crippen LogP contribution in [0.5, 0.6) is 0 Å². The molecule has 3 heterocycles. The lowest BCUT2D eigenvalue weighted by atomic mass is 10.1. The monoisotopic (exact) mass is 512 g/mol. The van der Waals surface area contributed by atoms with E-state index in [1.807, 2.05) is 0 Å². The molecule has 0 aliphatic heterocycles. The predicted octanol–water partition coefficient (Wildman–Crippen LogP) is 5.11. The number of nitrogen functional groups attached to an aromatic ring is 1. The summed E-state index contributed by atoms with van der Waals surface area (Å²) in [6, 6.07) is 10.9. The van der Waals surface area contributed by atoms with E-state index in [4.69, 9.17) is 5.73 Å². The van der Waals surface area contributed by atoms with Crippen molar-refractivity contribution in [3.63, 3.8) is 0 Å². The van der Waals surface area contributed by atoms with Crippen molar-refractivity contribution in [3.8, 4) is 0 Å². The number of alkyl halides is 2. The van der Waals surface area contributed by atoms with Crippen LogP contribution in [0.15, 0.2) is 65.5 Å². The predicted molar refractivity (Wildman–Crippen MR) is 123 cm³/mol. The number of nitrogens with zero attached hydrogens (tertiary/aromatic N) is 5. The summed E-state index contributed by atoms with van der Waals surface area (Å²) < 4.78 is 26.4. The molecule has 0 bridgehead atoms. The zero-order valence-corrected chi connectivity index (χ0v) is 19.1. The quantitative estimate of drug-likeness (QED) is 0.385. The van der Waals surface area contributed by atoms with Gasteiger partial charge in [-0.2, -0.15) is 0 Å². The molecular weight excluding hydrogens is 494 g/mol. The van der Waals surface area contributed by atoms with E-state index in [-0.39, 0.29) is 18.0 Å². The van der Waals surface area contributed by atoms with Crippen molar-refractivity contribution in [2.24, 2.45) is 0 Å². The molecule has 0 aliphatic carbocycles. The average Bonchev–Trinajstić information content (AvgIpc) is 2.83. The van der Waals surface area contributed by atoms with E-state index >= 15 is 0 Å². The minimum Gasteiger partial charge on any atom is -0.383 e. The first-order valence-corrected chi connectivity index (χ1v) is 10.8. The first kappa shape index (κ1) is 22.7. The molecule has 1 atom stereocenters. The molecule has 0 radical (unpaired) electrons. The van der Waals surface area contributed by atoms with E-state index < -0.39 is 12.5 Å². The molecule has 0 saturated heterocycles. The molecule has 168 valence electrons. The molecule has 1 amide bonds. The molecule has 0 aliphatic rings. The van der Waals surface area contributed by atoms with Gasteiger partial charge in [-0.05, 0) is 65.3 Å². The highest BCUT2D eigenvalue weighted by Gasteiger charge is 2.26. The number of hydrogen-bond acceptors (Lipinski definition) is 6. The third kappa shape index (κ3) is 4.95. The van der Waals surface area contributed by atoms with Crippen LogP contribution in [-0.4, -0.2) is 30.7 Å². The van der Waals surface area contributed by atoms with Gasteiger partial charge in [0.25, 0.3) is 12.3 Å². The highest BCUT2D eigenvalue weighted by atomic mass is 79.9. The van der Waals surface area contributed by atoms with Gasteiger partial charge in [-0.3, -0.25) is 9.78 Å². The van der Waals surface area contributed by atoms with Gasteiger partial charge < -0.3 is 10.6 Å². The van der Waals surface area contributed by atoms with Crippen molar-refractivity contribution in [2.45, 2.75) is 25.9 Å². The second-order valence-electron chi connectivity index (χ2n) is 7.36. The highest BCUT2D eigenvalue weighted by Crippen LogP contribution is 2.27. The van der Waals surface area contributed by atoms with Gasteiger partial charge >= 0.3 is 0 Å². The van der Waals surface area contributed by atoms with Crippen molar-refractivity contribution in [2.75, 3.05) is 5.73 Å². The highest BCUT2D eigenvalue weighted by molar-refractivity contribution is 9.10. The molecule has 0 fully saturated rings. The number of amides is 1. The Morgan fingerprint density at radius 3 is 2.55 bits per heavy atom. The zero-order valence-electron chi connectivity index (χ0n) is 17.5. The lowest BCUT2D eigenvalue weighted by Gasteiger charge is -2.28. The van der Waals surface area contributed by atoms with Gasteiger partial charge in [-0.25, -0.2) is 23.7 Å². The third-order valence-electron chi connectivity index (χ3n) is 5.16. The van der Waals surface area contributed by atoms with Crippen LogP contribution in [0.3, 0.4) is 0 Å². The molecule has 7 nitrogen and oxygen atoms in total. The number of aromatic nitrogens is 4. The number of benzene rings is 1. The summed E-state index contributed by atoms with van der Waals surface area (Å²) >= 11 is 3.36. The van der Waals surface area contributed by atoms with E-state index in [0.29, 0.717) is 32.9 Å². The van der Waals surface area contributed by atoms with Gasteiger partial charge in [0.2, 0.25) is 0 Å². The summed E-state index contributed by atoms with van der Waals surface area (Å²) in [6.07, 6.45) is 1.71. The maximum atomic E-state index is 13.6. The van der Waals surface area contributed by atoms with Crippen LogP contribution in [0.1, 0.15) is 46.8 Å². The van der Waals surface area contributed by atoms with E-state index in [2.05, 4.69) is 35.9 Å². The molecule has 33 heavy (non-hydrogen) atoms. The number of hydrogen-bond donors (Lipinski definition) is 1. The molecule has 0 saturated carbocycles. The lowest BCUT2D eigenvalue weighted by Crippen LogP contribution is -2.34. The van der Waals surface area contributed by atoms with E-state index in [1.165, 1.54) is 12.1 Å². The molecule has 3 aromatic heterocycles. The van der Waals surface area contributed by atoms with Crippen molar-refractivity contribution in [1.82, 2.24) is 24.8 Å². The summed E-state index contributed by atoms with van der Waals surface area (Å²) in [5, 5.41) is 0.741. The molecule has 0 unspecified atom stereocenters. The van der Waals surface area contributed by atoms with E-state index in [1.54, 1.807) is 54.5 Å². The summed E-state index contributed by atoms with van der Waals surface area (Å²) in [4.78, 5) is 32.1. The Labute approximate surface area is 196 Å². The summed E-state index contributed by atoms with van der Waals surface area (Å²) in [7, 11) is 0. The number of fused-ring (bicyclic) bond motifs is 1. The second kappa shape index (κ2) is 9.53. The fourth-order valence-corrected chi connectivity index (χ4v) is 3.68. The minimum absolute atomic E-state index is 0.0868.